The summed E-state index contributed by atoms with van der Waals surface area (Å²) in [6.07, 6.45) is 2.86. The minimum Gasteiger partial charge on any atom is -0.394 e. The van der Waals surface area contributed by atoms with Gasteiger partial charge < -0.3 is 14.7 Å². The summed E-state index contributed by atoms with van der Waals surface area (Å²) >= 11 is 0. The average Bonchev–Trinajstić information content (AvgIpc) is 2.80. The zero-order valence-corrected chi connectivity index (χ0v) is 9.87. The molecule has 0 amide bonds. The van der Waals surface area contributed by atoms with E-state index < -0.39 is 0 Å². The van der Waals surface area contributed by atoms with Gasteiger partial charge in [0.1, 0.15) is 0 Å². The molecule has 0 aromatic carbocycles. The van der Waals surface area contributed by atoms with Crippen molar-refractivity contribution in [3.8, 4) is 0 Å². The molecule has 0 spiro atoms. The molecule has 6 heteroatoms. The van der Waals surface area contributed by atoms with E-state index >= 15 is 0 Å². The van der Waals surface area contributed by atoms with Crippen molar-refractivity contribution in [2.75, 3.05) is 31.7 Å². The third-order valence-corrected chi connectivity index (χ3v) is 3.01. The lowest BCUT2D eigenvalue weighted by Crippen LogP contribution is -2.28. The Hall–Kier alpha value is -1.40. The van der Waals surface area contributed by atoms with Crippen molar-refractivity contribution in [1.82, 2.24) is 9.78 Å². The molecule has 94 valence electrons. The maximum Gasteiger partial charge on any atom is 0.268 e. The Morgan fingerprint density at radius 3 is 3.06 bits per heavy atom. The van der Waals surface area contributed by atoms with Gasteiger partial charge in [0.2, 0.25) is 0 Å². The van der Waals surface area contributed by atoms with Crippen LogP contribution in [0.5, 0.6) is 0 Å². The molecule has 1 aromatic heterocycles. The zero-order valence-electron chi connectivity index (χ0n) is 9.87. The molecule has 0 radical (unpaired) electrons. The SMILES string of the molecule is COC1CCN(c2cnn(CCO)c(=O)c2)C1. The van der Waals surface area contributed by atoms with E-state index in [-0.39, 0.29) is 24.8 Å². The topological polar surface area (TPSA) is 67.6 Å². The second kappa shape index (κ2) is 5.29. The molecule has 0 aliphatic carbocycles. The number of aromatic nitrogens is 2. The van der Waals surface area contributed by atoms with Crippen molar-refractivity contribution in [2.45, 2.75) is 19.1 Å². The lowest BCUT2D eigenvalue weighted by molar-refractivity contribution is 0.121. The third-order valence-electron chi connectivity index (χ3n) is 3.01. The largest absolute Gasteiger partial charge is 0.394 e. The Balaban J connectivity index is 2.12. The molecule has 1 N–H and O–H groups in total. The fourth-order valence-corrected chi connectivity index (χ4v) is 2.01. The van der Waals surface area contributed by atoms with E-state index in [1.807, 2.05) is 0 Å². The Labute approximate surface area is 99.4 Å². The van der Waals surface area contributed by atoms with E-state index in [2.05, 4.69) is 10.00 Å². The molecule has 2 heterocycles. The molecule has 1 aliphatic heterocycles. The Bertz CT molecular complexity index is 432. The van der Waals surface area contributed by atoms with Gasteiger partial charge in [-0.25, -0.2) is 4.68 Å². The molecule has 1 saturated heterocycles. The first-order valence-electron chi connectivity index (χ1n) is 5.70. The standard InChI is InChI=1S/C11H17N3O3/c1-17-10-2-3-13(8-10)9-6-11(16)14(4-5-15)12-7-9/h6-7,10,15H,2-5,8H2,1H3. The second-order valence-corrected chi connectivity index (χ2v) is 4.09. The van der Waals surface area contributed by atoms with Crippen LogP contribution in [0.25, 0.3) is 0 Å². The van der Waals surface area contributed by atoms with Crippen LogP contribution in [-0.4, -0.2) is 47.8 Å². The first kappa shape index (κ1) is 12.1. The predicted octanol–water partition coefficient (Wildman–Crippen LogP) is -0.539. The molecule has 0 saturated carbocycles. The van der Waals surface area contributed by atoms with E-state index in [9.17, 15) is 4.79 Å². The van der Waals surface area contributed by atoms with E-state index in [4.69, 9.17) is 9.84 Å². The number of hydrogen-bond acceptors (Lipinski definition) is 5. The van der Waals surface area contributed by atoms with Crippen LogP contribution in [0.3, 0.4) is 0 Å². The van der Waals surface area contributed by atoms with Crippen LogP contribution >= 0.6 is 0 Å². The van der Waals surface area contributed by atoms with E-state index in [1.54, 1.807) is 19.4 Å². The van der Waals surface area contributed by atoms with Crippen LogP contribution in [0.4, 0.5) is 5.69 Å². The highest BCUT2D eigenvalue weighted by atomic mass is 16.5. The highest BCUT2D eigenvalue weighted by Gasteiger charge is 2.22. The van der Waals surface area contributed by atoms with Crippen molar-refractivity contribution in [3.63, 3.8) is 0 Å². The van der Waals surface area contributed by atoms with Crippen molar-refractivity contribution >= 4 is 5.69 Å². The number of aliphatic hydroxyl groups is 1. The van der Waals surface area contributed by atoms with Crippen molar-refractivity contribution < 1.29 is 9.84 Å². The van der Waals surface area contributed by atoms with E-state index in [1.165, 1.54) is 4.68 Å². The zero-order chi connectivity index (χ0) is 12.3. The molecule has 2 rings (SSSR count). The summed E-state index contributed by atoms with van der Waals surface area (Å²) in [7, 11) is 1.70. The number of anilines is 1. The van der Waals surface area contributed by atoms with Crippen LogP contribution in [0.2, 0.25) is 0 Å². The lowest BCUT2D eigenvalue weighted by atomic mass is 10.3. The first-order valence-corrected chi connectivity index (χ1v) is 5.70. The van der Waals surface area contributed by atoms with Gasteiger partial charge in [-0.3, -0.25) is 4.79 Å². The third kappa shape index (κ3) is 2.65. The first-order chi connectivity index (χ1) is 8.24. The number of aliphatic hydroxyl groups excluding tert-OH is 1. The Kier molecular flexibility index (Phi) is 3.75. The van der Waals surface area contributed by atoms with Gasteiger partial charge in [0.15, 0.2) is 0 Å². The fourth-order valence-electron chi connectivity index (χ4n) is 2.01. The average molecular weight is 239 g/mol. The van der Waals surface area contributed by atoms with Gasteiger partial charge in [-0.2, -0.15) is 5.10 Å². The van der Waals surface area contributed by atoms with Gasteiger partial charge in [-0.15, -0.1) is 0 Å². The summed E-state index contributed by atoms with van der Waals surface area (Å²) in [5.74, 6) is 0. The number of rotatable bonds is 4. The summed E-state index contributed by atoms with van der Waals surface area (Å²) in [4.78, 5) is 13.8. The molecule has 1 aromatic rings. The van der Waals surface area contributed by atoms with Crippen molar-refractivity contribution in [1.29, 1.82) is 0 Å². The van der Waals surface area contributed by atoms with Gasteiger partial charge in [-0.05, 0) is 6.42 Å². The molecule has 1 aliphatic rings. The predicted molar refractivity (Wildman–Crippen MR) is 63.2 cm³/mol. The summed E-state index contributed by atoms with van der Waals surface area (Å²) in [5.41, 5.74) is 0.640. The summed E-state index contributed by atoms with van der Waals surface area (Å²) < 4.78 is 6.53. The van der Waals surface area contributed by atoms with Crippen molar-refractivity contribution in [2.24, 2.45) is 0 Å². The maximum absolute atomic E-state index is 11.7. The molecule has 17 heavy (non-hydrogen) atoms. The number of nitrogens with zero attached hydrogens (tertiary/aromatic N) is 3. The maximum atomic E-state index is 11.7. The Morgan fingerprint density at radius 1 is 1.65 bits per heavy atom. The molecule has 1 unspecified atom stereocenters. The minimum absolute atomic E-state index is 0.0816. The lowest BCUT2D eigenvalue weighted by Gasteiger charge is -2.17. The summed E-state index contributed by atoms with van der Waals surface area (Å²) in [6.45, 7) is 1.83. The molecule has 1 atom stereocenters. The van der Waals surface area contributed by atoms with Crippen LogP contribution in [-0.2, 0) is 11.3 Å². The number of hydrogen-bond donors (Lipinski definition) is 1. The van der Waals surface area contributed by atoms with Gasteiger partial charge in [0, 0.05) is 26.3 Å². The highest BCUT2D eigenvalue weighted by molar-refractivity contribution is 5.44. The van der Waals surface area contributed by atoms with E-state index in [0.717, 1.165) is 25.2 Å². The molecular formula is C11H17N3O3. The van der Waals surface area contributed by atoms with Crippen LogP contribution in [0.1, 0.15) is 6.42 Å². The van der Waals surface area contributed by atoms with Crippen molar-refractivity contribution in [3.05, 3.63) is 22.6 Å². The number of ether oxygens (including phenoxy) is 1. The summed E-state index contributed by atoms with van der Waals surface area (Å²) in [5, 5.41) is 12.8. The molecule has 6 nitrogen and oxygen atoms in total. The fraction of sp³-hybridized carbons (Fsp3) is 0.636. The smallest absolute Gasteiger partial charge is 0.268 e. The number of methoxy groups -OCH3 is 1. The monoisotopic (exact) mass is 239 g/mol. The van der Waals surface area contributed by atoms with Crippen LogP contribution < -0.4 is 10.5 Å². The minimum atomic E-state index is -0.183. The van der Waals surface area contributed by atoms with Gasteiger partial charge >= 0.3 is 0 Å². The highest BCUT2D eigenvalue weighted by Crippen LogP contribution is 2.18. The van der Waals surface area contributed by atoms with Crippen LogP contribution in [0, 0.1) is 0 Å². The summed E-state index contributed by atoms with van der Waals surface area (Å²) in [6, 6.07) is 1.56. The molecule has 0 bridgehead atoms. The van der Waals surface area contributed by atoms with Gasteiger partial charge in [0.05, 0.1) is 31.1 Å². The molecular weight excluding hydrogens is 222 g/mol. The normalized spacial score (nSPS) is 19.9. The Morgan fingerprint density at radius 2 is 2.47 bits per heavy atom. The second-order valence-electron chi connectivity index (χ2n) is 4.09. The molecule has 1 fully saturated rings. The van der Waals surface area contributed by atoms with Gasteiger partial charge in [-0.1, -0.05) is 0 Å². The van der Waals surface area contributed by atoms with Gasteiger partial charge in [0.25, 0.3) is 5.56 Å². The van der Waals surface area contributed by atoms with Crippen LogP contribution in [0.15, 0.2) is 17.1 Å². The quantitative estimate of drug-likeness (QED) is 0.764. The van der Waals surface area contributed by atoms with E-state index in [0.29, 0.717) is 0 Å².